The number of hydrogen-bond acceptors (Lipinski definition) is 5. The molecule has 172 valence electrons. The van der Waals surface area contributed by atoms with Crippen LogP contribution < -0.4 is 0 Å². The molecule has 4 rings (SSSR count). The van der Waals surface area contributed by atoms with Crippen molar-refractivity contribution in [1.29, 1.82) is 0 Å². The fourth-order valence-corrected chi connectivity index (χ4v) is 6.25. The van der Waals surface area contributed by atoms with Crippen molar-refractivity contribution >= 4 is 15.9 Å². The van der Waals surface area contributed by atoms with Crippen LogP contribution in [0.15, 0.2) is 53.7 Å². The summed E-state index contributed by atoms with van der Waals surface area (Å²) < 4.78 is 33.9. The highest BCUT2D eigenvalue weighted by Gasteiger charge is 2.32. The number of carbonyl (C=O) groups excluding carboxylic acids is 1. The van der Waals surface area contributed by atoms with Gasteiger partial charge in [-0.2, -0.15) is 4.31 Å². The third kappa shape index (κ3) is 5.19. The van der Waals surface area contributed by atoms with Gasteiger partial charge in [0.1, 0.15) is 0 Å². The predicted molar refractivity (Wildman–Crippen MR) is 122 cm³/mol. The van der Waals surface area contributed by atoms with Crippen molar-refractivity contribution in [1.82, 2.24) is 14.2 Å². The van der Waals surface area contributed by atoms with E-state index in [4.69, 9.17) is 4.74 Å². The molecule has 2 saturated heterocycles. The van der Waals surface area contributed by atoms with E-state index in [2.05, 4.69) is 4.98 Å². The molecule has 2 aromatic rings. The third-order valence-corrected chi connectivity index (χ3v) is 8.27. The van der Waals surface area contributed by atoms with Gasteiger partial charge < -0.3 is 9.64 Å². The Morgan fingerprint density at radius 3 is 2.78 bits per heavy atom. The van der Waals surface area contributed by atoms with Crippen molar-refractivity contribution < 1.29 is 17.9 Å². The van der Waals surface area contributed by atoms with E-state index in [1.54, 1.807) is 39.8 Å². The van der Waals surface area contributed by atoms with Crippen molar-refractivity contribution in [2.75, 3.05) is 19.7 Å². The number of sulfonamides is 1. The van der Waals surface area contributed by atoms with Crippen LogP contribution in [0.5, 0.6) is 0 Å². The number of benzene rings is 1. The Bertz CT molecular complexity index is 1020. The van der Waals surface area contributed by atoms with E-state index in [0.29, 0.717) is 31.8 Å². The van der Waals surface area contributed by atoms with Gasteiger partial charge in [-0.05, 0) is 62.4 Å². The molecule has 7 nitrogen and oxygen atoms in total. The van der Waals surface area contributed by atoms with E-state index in [-0.39, 0.29) is 22.9 Å². The Balaban J connectivity index is 1.59. The van der Waals surface area contributed by atoms with Gasteiger partial charge >= 0.3 is 0 Å². The van der Waals surface area contributed by atoms with Crippen molar-refractivity contribution in [2.24, 2.45) is 0 Å². The summed E-state index contributed by atoms with van der Waals surface area (Å²) in [6.07, 6.45) is 8.11. The van der Waals surface area contributed by atoms with Gasteiger partial charge in [0.25, 0.3) is 5.91 Å². The lowest BCUT2D eigenvalue weighted by atomic mass is 10.1. The smallest absolute Gasteiger partial charge is 0.254 e. The average Bonchev–Trinajstić information content (AvgIpc) is 3.32. The summed E-state index contributed by atoms with van der Waals surface area (Å²) in [5, 5.41) is 0. The summed E-state index contributed by atoms with van der Waals surface area (Å²) >= 11 is 0. The van der Waals surface area contributed by atoms with Crippen LogP contribution in [-0.4, -0.2) is 60.4 Å². The molecule has 0 saturated carbocycles. The maximum Gasteiger partial charge on any atom is 0.254 e. The maximum atomic E-state index is 13.5. The van der Waals surface area contributed by atoms with Crippen molar-refractivity contribution in [3.8, 4) is 0 Å². The van der Waals surface area contributed by atoms with Crippen molar-refractivity contribution in [2.45, 2.75) is 62.6 Å². The number of piperidine rings is 1. The van der Waals surface area contributed by atoms with E-state index >= 15 is 0 Å². The average molecular weight is 458 g/mol. The predicted octanol–water partition coefficient (Wildman–Crippen LogP) is 3.47. The molecule has 32 heavy (non-hydrogen) atoms. The van der Waals surface area contributed by atoms with Crippen LogP contribution in [-0.2, 0) is 21.3 Å². The Morgan fingerprint density at radius 2 is 2.06 bits per heavy atom. The molecule has 8 heteroatoms. The number of ether oxygens (including phenoxy) is 1. The van der Waals surface area contributed by atoms with Gasteiger partial charge in [-0.3, -0.25) is 9.78 Å². The normalized spacial score (nSPS) is 22.0. The minimum atomic E-state index is -3.65. The third-order valence-electron chi connectivity index (χ3n) is 6.26. The lowest BCUT2D eigenvalue weighted by molar-refractivity contribution is 0.0507. The largest absolute Gasteiger partial charge is 0.376 e. The zero-order valence-electron chi connectivity index (χ0n) is 18.5. The minimum absolute atomic E-state index is 0.00302. The summed E-state index contributed by atoms with van der Waals surface area (Å²) in [5.74, 6) is -0.201. The molecule has 0 spiro atoms. The van der Waals surface area contributed by atoms with Gasteiger partial charge in [0, 0.05) is 50.2 Å². The summed E-state index contributed by atoms with van der Waals surface area (Å²) in [5.41, 5.74) is 1.29. The number of amides is 1. The number of rotatable bonds is 7. The SMILES string of the molecule is CC1CCCCN1S(=O)(=O)c1cccc(C(=O)N(Cc2cccnc2)CC2CCCO2)c1. The van der Waals surface area contributed by atoms with Crippen LogP contribution in [0.1, 0.15) is 54.9 Å². The number of hydrogen-bond donors (Lipinski definition) is 0. The second-order valence-electron chi connectivity index (χ2n) is 8.67. The van der Waals surface area contributed by atoms with Gasteiger partial charge in [0.2, 0.25) is 10.0 Å². The van der Waals surface area contributed by atoms with E-state index in [9.17, 15) is 13.2 Å². The molecule has 0 N–H and O–H groups in total. The maximum absolute atomic E-state index is 13.5. The van der Waals surface area contributed by atoms with Gasteiger partial charge in [-0.25, -0.2) is 8.42 Å². The number of pyridine rings is 1. The molecular formula is C24H31N3O4S. The second kappa shape index (κ2) is 10.1. The Morgan fingerprint density at radius 1 is 1.19 bits per heavy atom. The lowest BCUT2D eigenvalue weighted by Crippen LogP contribution is -2.42. The summed E-state index contributed by atoms with van der Waals surface area (Å²) in [7, 11) is -3.65. The fourth-order valence-electron chi connectivity index (χ4n) is 4.50. The highest BCUT2D eigenvalue weighted by molar-refractivity contribution is 7.89. The molecular weight excluding hydrogens is 426 g/mol. The van der Waals surface area contributed by atoms with Crippen LogP contribution in [0.25, 0.3) is 0 Å². The monoisotopic (exact) mass is 457 g/mol. The molecule has 2 atom stereocenters. The highest BCUT2D eigenvalue weighted by atomic mass is 32.2. The van der Waals surface area contributed by atoms with Crippen LogP contribution in [0.3, 0.4) is 0 Å². The second-order valence-corrected chi connectivity index (χ2v) is 10.6. The van der Waals surface area contributed by atoms with Crippen molar-refractivity contribution in [3.63, 3.8) is 0 Å². The first-order chi connectivity index (χ1) is 15.4. The van der Waals surface area contributed by atoms with E-state index in [1.807, 2.05) is 19.1 Å². The minimum Gasteiger partial charge on any atom is -0.376 e. The van der Waals surface area contributed by atoms with Gasteiger partial charge in [-0.1, -0.05) is 18.6 Å². The van der Waals surface area contributed by atoms with Crippen LogP contribution >= 0.6 is 0 Å². The Kier molecular flexibility index (Phi) is 7.23. The van der Waals surface area contributed by atoms with Gasteiger partial charge in [0.05, 0.1) is 11.0 Å². The zero-order chi connectivity index (χ0) is 22.6. The van der Waals surface area contributed by atoms with Gasteiger partial charge in [0.15, 0.2) is 0 Å². The van der Waals surface area contributed by atoms with Gasteiger partial charge in [-0.15, -0.1) is 0 Å². The zero-order valence-corrected chi connectivity index (χ0v) is 19.3. The molecule has 1 aromatic heterocycles. The number of aromatic nitrogens is 1. The van der Waals surface area contributed by atoms with E-state index in [1.165, 1.54) is 6.07 Å². The molecule has 0 aliphatic carbocycles. The quantitative estimate of drug-likeness (QED) is 0.636. The molecule has 2 fully saturated rings. The summed E-state index contributed by atoms with van der Waals surface area (Å²) in [6.45, 7) is 4.04. The summed E-state index contributed by atoms with van der Waals surface area (Å²) in [4.78, 5) is 19.6. The van der Waals surface area contributed by atoms with Crippen LogP contribution in [0, 0.1) is 0 Å². The van der Waals surface area contributed by atoms with E-state index in [0.717, 1.165) is 37.7 Å². The lowest BCUT2D eigenvalue weighted by Gasteiger charge is -2.32. The topological polar surface area (TPSA) is 79.8 Å². The number of nitrogens with zero attached hydrogens (tertiary/aromatic N) is 3. The standard InChI is InChI=1S/C24H31N3O4S/c1-19-7-2-3-13-27(19)32(29,30)23-11-4-9-21(15-23)24(28)26(18-22-10-6-14-31-22)17-20-8-5-12-25-16-20/h4-5,8-9,11-12,15-16,19,22H,2-3,6-7,10,13-14,17-18H2,1H3. The molecule has 2 aliphatic heterocycles. The van der Waals surface area contributed by atoms with E-state index < -0.39 is 10.0 Å². The highest BCUT2D eigenvalue weighted by Crippen LogP contribution is 2.26. The molecule has 2 aliphatic rings. The fraction of sp³-hybridized carbons (Fsp3) is 0.500. The molecule has 1 aromatic carbocycles. The van der Waals surface area contributed by atoms with Crippen molar-refractivity contribution in [3.05, 3.63) is 59.9 Å². The first-order valence-electron chi connectivity index (χ1n) is 11.4. The Labute approximate surface area is 190 Å². The first-order valence-corrected chi connectivity index (χ1v) is 12.8. The Hall–Kier alpha value is -2.29. The molecule has 0 bridgehead atoms. The van der Waals surface area contributed by atoms with Crippen LogP contribution in [0.2, 0.25) is 0 Å². The van der Waals surface area contributed by atoms with Crippen LogP contribution in [0.4, 0.5) is 0 Å². The summed E-state index contributed by atoms with van der Waals surface area (Å²) in [6, 6.07) is 10.2. The number of carbonyl (C=O) groups is 1. The molecule has 2 unspecified atom stereocenters. The molecule has 0 radical (unpaired) electrons. The first kappa shape index (κ1) is 22.9. The molecule has 1 amide bonds. The molecule has 3 heterocycles.